The van der Waals surface area contributed by atoms with E-state index in [2.05, 4.69) is 31.5 Å². The molecule has 1 heterocycles. The van der Waals surface area contributed by atoms with Crippen molar-refractivity contribution in [2.75, 3.05) is 17.6 Å². The van der Waals surface area contributed by atoms with Crippen molar-refractivity contribution < 1.29 is 4.79 Å². The highest BCUT2D eigenvalue weighted by Gasteiger charge is 2.14. The summed E-state index contributed by atoms with van der Waals surface area (Å²) >= 11 is 3.39. The van der Waals surface area contributed by atoms with Gasteiger partial charge >= 0.3 is 0 Å². The number of nitrogens with one attached hydrogen (secondary N) is 2. The molecule has 0 aliphatic rings. The Bertz CT molecular complexity index is 659. The lowest BCUT2D eigenvalue weighted by molar-refractivity contribution is -0.121. The second-order valence-electron chi connectivity index (χ2n) is 4.91. The van der Waals surface area contributed by atoms with Gasteiger partial charge in [-0.05, 0) is 47.5 Å². The van der Waals surface area contributed by atoms with Crippen LogP contribution in [-0.4, -0.2) is 23.5 Å². The Hall–Kier alpha value is -1.82. The van der Waals surface area contributed by atoms with Gasteiger partial charge in [0.1, 0.15) is 6.04 Å². The number of benzene rings is 1. The maximum atomic E-state index is 11.9. The molecule has 1 aromatic carbocycles. The molecule has 1 aromatic heterocycles. The zero-order valence-electron chi connectivity index (χ0n) is 12.1. The van der Waals surface area contributed by atoms with Gasteiger partial charge in [0.25, 0.3) is 0 Å². The number of carbonyl (C=O) groups is 1. The normalized spacial score (nSPS) is 12.1. The molecule has 112 valence electrons. The van der Waals surface area contributed by atoms with E-state index in [0.29, 0.717) is 12.2 Å². The number of nitrogen functional groups attached to an aromatic ring is 1. The van der Waals surface area contributed by atoms with Gasteiger partial charge in [0.2, 0.25) is 5.91 Å². The average Bonchev–Trinajstić information content (AvgIpc) is 2.47. The lowest BCUT2D eigenvalue weighted by Gasteiger charge is -2.17. The second kappa shape index (κ2) is 6.76. The van der Waals surface area contributed by atoms with Gasteiger partial charge in [0.05, 0.1) is 11.2 Å². The van der Waals surface area contributed by atoms with Crippen molar-refractivity contribution in [3.63, 3.8) is 0 Å². The molecule has 5 nitrogen and oxygen atoms in total. The molecule has 0 radical (unpaired) electrons. The van der Waals surface area contributed by atoms with Gasteiger partial charge in [-0.25, -0.2) is 0 Å². The van der Waals surface area contributed by atoms with Crippen LogP contribution < -0.4 is 16.4 Å². The van der Waals surface area contributed by atoms with Gasteiger partial charge in [0.15, 0.2) is 0 Å². The molecule has 6 heteroatoms. The van der Waals surface area contributed by atoms with E-state index < -0.39 is 0 Å². The predicted molar refractivity (Wildman–Crippen MR) is 90.2 cm³/mol. The molecular weight excluding hydrogens is 332 g/mol. The van der Waals surface area contributed by atoms with Crippen molar-refractivity contribution >= 4 is 44.1 Å². The second-order valence-corrected chi connectivity index (χ2v) is 5.82. The number of nitrogens with zero attached hydrogens (tertiary/aromatic N) is 1. The zero-order valence-corrected chi connectivity index (χ0v) is 13.7. The fourth-order valence-corrected chi connectivity index (χ4v) is 2.36. The number of pyridine rings is 1. The van der Waals surface area contributed by atoms with E-state index in [0.717, 1.165) is 27.5 Å². The SMILES string of the molecule is CCCNC(=O)C(C)Nc1ccc(N)c2cc(Br)cnc12. The van der Waals surface area contributed by atoms with Crippen LogP contribution >= 0.6 is 15.9 Å². The number of carbonyl (C=O) groups excluding carboxylic acids is 1. The van der Waals surface area contributed by atoms with Gasteiger partial charge in [-0.15, -0.1) is 0 Å². The Morgan fingerprint density at radius 2 is 2.24 bits per heavy atom. The number of hydrogen-bond acceptors (Lipinski definition) is 4. The number of anilines is 2. The van der Waals surface area contributed by atoms with Gasteiger partial charge in [-0.1, -0.05) is 6.92 Å². The molecule has 1 amide bonds. The summed E-state index contributed by atoms with van der Waals surface area (Å²) in [6.07, 6.45) is 2.63. The van der Waals surface area contributed by atoms with Crippen LogP contribution in [0, 0.1) is 0 Å². The summed E-state index contributed by atoms with van der Waals surface area (Å²) in [5.74, 6) is -0.0288. The third-order valence-corrected chi connectivity index (χ3v) is 3.60. The molecule has 0 saturated heterocycles. The minimum atomic E-state index is -0.339. The van der Waals surface area contributed by atoms with Gasteiger partial charge in [-0.3, -0.25) is 9.78 Å². The quantitative estimate of drug-likeness (QED) is 0.724. The molecular formula is C15H19BrN4O. The van der Waals surface area contributed by atoms with Crippen molar-refractivity contribution in [1.29, 1.82) is 0 Å². The highest BCUT2D eigenvalue weighted by Crippen LogP contribution is 2.29. The number of hydrogen-bond donors (Lipinski definition) is 3. The summed E-state index contributed by atoms with van der Waals surface area (Å²) in [6.45, 7) is 4.53. The largest absolute Gasteiger partial charge is 0.398 e. The van der Waals surface area contributed by atoms with E-state index in [9.17, 15) is 4.79 Å². The highest BCUT2D eigenvalue weighted by molar-refractivity contribution is 9.10. The molecule has 0 aliphatic heterocycles. The number of fused-ring (bicyclic) bond motifs is 1. The van der Waals surface area contributed by atoms with Gasteiger partial charge < -0.3 is 16.4 Å². The summed E-state index contributed by atoms with van der Waals surface area (Å²) < 4.78 is 0.868. The van der Waals surface area contributed by atoms with Crippen molar-refractivity contribution in [1.82, 2.24) is 10.3 Å². The van der Waals surface area contributed by atoms with Gasteiger partial charge in [-0.2, -0.15) is 0 Å². The van der Waals surface area contributed by atoms with E-state index in [1.165, 1.54) is 0 Å². The van der Waals surface area contributed by atoms with E-state index >= 15 is 0 Å². The first-order chi connectivity index (χ1) is 10.0. The smallest absolute Gasteiger partial charge is 0.242 e. The van der Waals surface area contributed by atoms with E-state index in [1.807, 2.05) is 32.0 Å². The average molecular weight is 351 g/mol. The topological polar surface area (TPSA) is 80.0 Å². The van der Waals surface area contributed by atoms with E-state index in [4.69, 9.17) is 5.73 Å². The van der Waals surface area contributed by atoms with Crippen LogP contribution in [-0.2, 0) is 4.79 Å². The Labute approximate surface area is 132 Å². The first-order valence-corrected chi connectivity index (χ1v) is 7.70. The molecule has 0 fully saturated rings. The molecule has 21 heavy (non-hydrogen) atoms. The van der Waals surface area contributed by atoms with Gasteiger partial charge in [0, 0.05) is 28.3 Å². The summed E-state index contributed by atoms with van der Waals surface area (Å²) in [5, 5.41) is 6.92. The van der Waals surface area contributed by atoms with E-state index in [-0.39, 0.29) is 11.9 Å². The fraction of sp³-hybridized carbons (Fsp3) is 0.333. The zero-order chi connectivity index (χ0) is 15.4. The Kier molecular flexibility index (Phi) is 5.01. The summed E-state index contributed by atoms with van der Waals surface area (Å²) in [7, 11) is 0. The Morgan fingerprint density at radius 3 is 2.95 bits per heavy atom. The Balaban J connectivity index is 2.26. The van der Waals surface area contributed by atoms with Crippen molar-refractivity contribution in [2.45, 2.75) is 26.3 Å². The predicted octanol–water partition coefficient (Wildman–Crippen LogP) is 2.91. The van der Waals surface area contributed by atoms with Crippen molar-refractivity contribution in [2.24, 2.45) is 0 Å². The van der Waals surface area contributed by atoms with Crippen LogP contribution in [0.25, 0.3) is 10.9 Å². The van der Waals surface area contributed by atoms with Crippen LogP contribution in [0.4, 0.5) is 11.4 Å². The molecule has 1 unspecified atom stereocenters. The minimum Gasteiger partial charge on any atom is -0.398 e. The Morgan fingerprint density at radius 1 is 1.48 bits per heavy atom. The summed E-state index contributed by atoms with van der Waals surface area (Å²) in [4.78, 5) is 16.3. The molecule has 2 rings (SSSR count). The van der Waals surface area contributed by atoms with Crippen LogP contribution in [0.15, 0.2) is 28.9 Å². The number of aromatic nitrogens is 1. The number of halogens is 1. The summed E-state index contributed by atoms with van der Waals surface area (Å²) in [5.41, 5.74) is 8.20. The molecule has 1 atom stereocenters. The molecule has 0 saturated carbocycles. The highest BCUT2D eigenvalue weighted by atomic mass is 79.9. The van der Waals surface area contributed by atoms with Crippen LogP contribution in [0.2, 0.25) is 0 Å². The standard InChI is InChI=1S/C15H19BrN4O/c1-3-6-18-15(21)9(2)20-13-5-4-12(17)11-7-10(16)8-19-14(11)13/h4-5,7-9,20H,3,6,17H2,1-2H3,(H,18,21). The minimum absolute atomic E-state index is 0.0288. The van der Waals surface area contributed by atoms with Crippen LogP contribution in [0.1, 0.15) is 20.3 Å². The third-order valence-electron chi connectivity index (χ3n) is 3.16. The van der Waals surface area contributed by atoms with Crippen LogP contribution in [0.3, 0.4) is 0 Å². The molecule has 0 aliphatic carbocycles. The number of rotatable bonds is 5. The first-order valence-electron chi connectivity index (χ1n) is 6.91. The van der Waals surface area contributed by atoms with Crippen molar-refractivity contribution in [3.8, 4) is 0 Å². The van der Waals surface area contributed by atoms with Crippen LogP contribution in [0.5, 0.6) is 0 Å². The molecule has 0 bridgehead atoms. The number of amides is 1. The monoisotopic (exact) mass is 350 g/mol. The lowest BCUT2D eigenvalue weighted by atomic mass is 10.1. The number of nitrogens with two attached hydrogens (primary N) is 1. The first kappa shape index (κ1) is 15.6. The molecule has 2 aromatic rings. The maximum Gasteiger partial charge on any atom is 0.242 e. The fourth-order valence-electron chi connectivity index (χ4n) is 2.03. The van der Waals surface area contributed by atoms with Crippen molar-refractivity contribution in [3.05, 3.63) is 28.9 Å². The maximum absolute atomic E-state index is 11.9. The van der Waals surface area contributed by atoms with E-state index in [1.54, 1.807) is 6.20 Å². The lowest BCUT2D eigenvalue weighted by Crippen LogP contribution is -2.37. The molecule has 4 N–H and O–H groups in total. The molecule has 0 spiro atoms. The third kappa shape index (κ3) is 3.64. The summed E-state index contributed by atoms with van der Waals surface area (Å²) in [6, 6.07) is 5.25.